The Morgan fingerprint density at radius 2 is 2.24 bits per heavy atom. The second-order valence-electron chi connectivity index (χ2n) is 6.06. The van der Waals surface area contributed by atoms with Crippen LogP contribution >= 0.6 is 0 Å². The maximum absolute atomic E-state index is 6.25. The summed E-state index contributed by atoms with van der Waals surface area (Å²) in [6, 6.07) is 1.05. The third kappa shape index (κ3) is 2.77. The molecule has 0 saturated carbocycles. The molecule has 2 saturated heterocycles. The first-order valence-electron chi connectivity index (χ1n) is 7.94. The zero-order valence-electron chi connectivity index (χ0n) is 13.0. The first kappa shape index (κ1) is 14.4. The van der Waals surface area contributed by atoms with Gasteiger partial charge in [-0.1, -0.05) is 6.92 Å². The summed E-state index contributed by atoms with van der Waals surface area (Å²) in [5.74, 6) is 1.35. The van der Waals surface area contributed by atoms with Crippen LogP contribution in [0.5, 0.6) is 5.88 Å². The predicted molar refractivity (Wildman–Crippen MR) is 83.6 cm³/mol. The van der Waals surface area contributed by atoms with Gasteiger partial charge in [0.2, 0.25) is 5.88 Å². The highest BCUT2D eigenvalue weighted by molar-refractivity contribution is 5.68. The Morgan fingerprint density at radius 3 is 3.05 bits per heavy atom. The Morgan fingerprint density at radius 1 is 1.38 bits per heavy atom. The highest BCUT2D eigenvalue weighted by Crippen LogP contribution is 2.33. The molecule has 1 aromatic heterocycles. The number of nitrogen functional groups attached to an aromatic ring is 1. The molecule has 0 amide bonds. The van der Waals surface area contributed by atoms with Crippen molar-refractivity contribution in [2.45, 2.75) is 45.2 Å². The summed E-state index contributed by atoms with van der Waals surface area (Å²) >= 11 is 0. The molecule has 0 aromatic carbocycles. The number of nitrogens with zero attached hydrogens (tertiary/aromatic N) is 4. The van der Waals surface area contributed by atoms with Crippen molar-refractivity contribution in [3.63, 3.8) is 0 Å². The molecule has 2 fully saturated rings. The topological polar surface area (TPSA) is 67.5 Å². The van der Waals surface area contributed by atoms with E-state index in [1.54, 1.807) is 6.33 Å². The summed E-state index contributed by atoms with van der Waals surface area (Å²) in [7, 11) is 0. The fourth-order valence-corrected chi connectivity index (χ4v) is 3.40. The monoisotopic (exact) mass is 291 g/mol. The van der Waals surface area contributed by atoms with Crippen LogP contribution in [-0.4, -0.2) is 53.2 Å². The Balaban J connectivity index is 1.82. The van der Waals surface area contributed by atoms with Gasteiger partial charge in [0.05, 0.1) is 6.61 Å². The predicted octanol–water partition coefficient (Wildman–Crippen LogP) is 1.52. The van der Waals surface area contributed by atoms with Crippen LogP contribution in [0.25, 0.3) is 0 Å². The van der Waals surface area contributed by atoms with Gasteiger partial charge in [0.25, 0.3) is 0 Å². The van der Waals surface area contributed by atoms with E-state index in [-0.39, 0.29) is 0 Å². The van der Waals surface area contributed by atoms with Crippen molar-refractivity contribution in [1.29, 1.82) is 0 Å². The van der Waals surface area contributed by atoms with E-state index in [1.165, 1.54) is 19.4 Å². The van der Waals surface area contributed by atoms with E-state index in [4.69, 9.17) is 10.5 Å². The van der Waals surface area contributed by atoms with E-state index >= 15 is 0 Å². The number of nitrogens with two attached hydrogens (primary N) is 1. The van der Waals surface area contributed by atoms with E-state index in [0.29, 0.717) is 30.3 Å². The number of hydrogen-bond acceptors (Lipinski definition) is 6. The van der Waals surface area contributed by atoms with Crippen LogP contribution in [0.2, 0.25) is 0 Å². The van der Waals surface area contributed by atoms with Gasteiger partial charge < -0.3 is 15.4 Å². The normalized spacial score (nSPS) is 25.9. The molecule has 2 aliphatic rings. The first-order valence-corrected chi connectivity index (χ1v) is 7.94. The fraction of sp³-hybridized carbons (Fsp3) is 0.733. The summed E-state index contributed by atoms with van der Waals surface area (Å²) in [4.78, 5) is 13.5. The SMILES string of the molecule is CCCOc1ncnc(N2CC3CCCN3CC2C)c1N. The molecule has 2 N–H and O–H groups in total. The maximum atomic E-state index is 6.25. The lowest BCUT2D eigenvalue weighted by Gasteiger charge is -2.43. The fourth-order valence-electron chi connectivity index (χ4n) is 3.40. The van der Waals surface area contributed by atoms with Gasteiger partial charge in [-0.2, -0.15) is 4.98 Å². The van der Waals surface area contributed by atoms with E-state index in [2.05, 4.69) is 33.6 Å². The molecule has 2 aliphatic heterocycles. The molecule has 6 heteroatoms. The minimum atomic E-state index is 0.413. The van der Waals surface area contributed by atoms with Crippen LogP contribution in [-0.2, 0) is 0 Å². The molecule has 116 valence electrons. The number of rotatable bonds is 4. The van der Waals surface area contributed by atoms with E-state index in [9.17, 15) is 0 Å². The van der Waals surface area contributed by atoms with Crippen LogP contribution in [0.1, 0.15) is 33.1 Å². The minimum absolute atomic E-state index is 0.413. The lowest BCUT2D eigenvalue weighted by atomic mass is 10.1. The minimum Gasteiger partial charge on any atom is -0.476 e. The molecule has 0 aliphatic carbocycles. The molecule has 3 heterocycles. The van der Waals surface area contributed by atoms with Crippen molar-refractivity contribution >= 4 is 11.5 Å². The number of ether oxygens (including phenoxy) is 1. The summed E-state index contributed by atoms with van der Waals surface area (Å²) in [6.07, 6.45) is 5.07. The number of anilines is 2. The van der Waals surface area contributed by atoms with Gasteiger partial charge in [-0.3, -0.25) is 4.90 Å². The molecule has 0 spiro atoms. The molecular weight excluding hydrogens is 266 g/mol. The summed E-state index contributed by atoms with van der Waals surface area (Å²) in [5.41, 5.74) is 6.82. The Hall–Kier alpha value is -1.56. The lowest BCUT2D eigenvalue weighted by Crippen LogP contribution is -2.55. The zero-order chi connectivity index (χ0) is 14.8. The van der Waals surface area contributed by atoms with Crippen LogP contribution in [0.4, 0.5) is 11.5 Å². The first-order chi connectivity index (χ1) is 10.2. The van der Waals surface area contributed by atoms with Gasteiger partial charge in [-0.15, -0.1) is 0 Å². The molecule has 2 atom stereocenters. The van der Waals surface area contributed by atoms with Crippen LogP contribution in [0, 0.1) is 0 Å². The largest absolute Gasteiger partial charge is 0.476 e. The lowest BCUT2D eigenvalue weighted by molar-refractivity contribution is 0.202. The van der Waals surface area contributed by atoms with Crippen molar-refractivity contribution in [2.75, 3.05) is 36.9 Å². The van der Waals surface area contributed by atoms with Gasteiger partial charge in [0.1, 0.15) is 12.0 Å². The molecule has 6 nitrogen and oxygen atoms in total. The summed E-state index contributed by atoms with van der Waals surface area (Å²) in [5, 5.41) is 0. The van der Waals surface area contributed by atoms with E-state index < -0.39 is 0 Å². The van der Waals surface area contributed by atoms with Crippen LogP contribution in [0.3, 0.4) is 0 Å². The maximum Gasteiger partial charge on any atom is 0.242 e. The van der Waals surface area contributed by atoms with Crippen LogP contribution < -0.4 is 15.4 Å². The quantitative estimate of drug-likeness (QED) is 0.907. The molecule has 1 aromatic rings. The molecule has 2 unspecified atom stereocenters. The van der Waals surface area contributed by atoms with Crippen molar-refractivity contribution in [3.05, 3.63) is 6.33 Å². The molecular formula is C15H25N5O. The number of fused-ring (bicyclic) bond motifs is 1. The van der Waals surface area contributed by atoms with Crippen molar-refractivity contribution < 1.29 is 4.74 Å². The standard InChI is InChI=1S/C15H25N5O/c1-3-7-21-15-13(16)14(17-10-18-15)20-9-12-5-4-6-19(12)8-11(20)2/h10-12H,3-9,16H2,1-2H3. The van der Waals surface area contributed by atoms with Gasteiger partial charge in [-0.05, 0) is 32.7 Å². The Labute approximate surface area is 126 Å². The van der Waals surface area contributed by atoms with Gasteiger partial charge in [-0.25, -0.2) is 4.98 Å². The molecule has 0 bridgehead atoms. The number of hydrogen-bond donors (Lipinski definition) is 1. The van der Waals surface area contributed by atoms with Gasteiger partial charge in [0.15, 0.2) is 5.82 Å². The number of aromatic nitrogens is 2. The van der Waals surface area contributed by atoms with E-state index in [1.807, 2.05) is 0 Å². The average molecular weight is 291 g/mol. The smallest absolute Gasteiger partial charge is 0.242 e. The molecule has 21 heavy (non-hydrogen) atoms. The second-order valence-corrected chi connectivity index (χ2v) is 6.06. The van der Waals surface area contributed by atoms with Crippen molar-refractivity contribution in [2.24, 2.45) is 0 Å². The summed E-state index contributed by atoms with van der Waals surface area (Å²) in [6.45, 7) is 8.25. The average Bonchev–Trinajstić information content (AvgIpc) is 2.92. The highest BCUT2D eigenvalue weighted by Gasteiger charge is 2.35. The Kier molecular flexibility index (Phi) is 4.14. The molecule has 3 rings (SSSR count). The molecule has 0 radical (unpaired) electrons. The van der Waals surface area contributed by atoms with Crippen LogP contribution in [0.15, 0.2) is 6.33 Å². The van der Waals surface area contributed by atoms with Crippen molar-refractivity contribution in [1.82, 2.24) is 14.9 Å². The highest BCUT2D eigenvalue weighted by atomic mass is 16.5. The van der Waals surface area contributed by atoms with E-state index in [0.717, 1.165) is 25.3 Å². The van der Waals surface area contributed by atoms with Crippen molar-refractivity contribution in [3.8, 4) is 5.88 Å². The zero-order valence-corrected chi connectivity index (χ0v) is 13.0. The van der Waals surface area contributed by atoms with Gasteiger partial charge >= 0.3 is 0 Å². The number of piperazine rings is 1. The third-order valence-electron chi connectivity index (χ3n) is 4.48. The third-order valence-corrected chi connectivity index (χ3v) is 4.48. The summed E-state index contributed by atoms with van der Waals surface area (Å²) < 4.78 is 5.63. The van der Waals surface area contributed by atoms with Gasteiger partial charge in [0, 0.05) is 25.2 Å². The second kappa shape index (κ2) is 6.05. The Bertz CT molecular complexity index is 495.